The molecule has 0 spiro atoms. The summed E-state index contributed by atoms with van der Waals surface area (Å²) in [7, 11) is 0. The molecule has 2 aromatic rings. The van der Waals surface area contributed by atoms with E-state index in [1.165, 1.54) is 30.4 Å². The summed E-state index contributed by atoms with van der Waals surface area (Å²) in [5.74, 6) is 1.96. The third-order valence-electron chi connectivity index (χ3n) is 6.80. The molecule has 0 saturated carbocycles. The Morgan fingerprint density at radius 2 is 1.79 bits per heavy atom. The summed E-state index contributed by atoms with van der Waals surface area (Å²) < 4.78 is 2.37. The van der Waals surface area contributed by atoms with Crippen molar-refractivity contribution in [2.45, 2.75) is 97.9 Å². The van der Waals surface area contributed by atoms with Crippen molar-refractivity contribution in [2.24, 2.45) is 0 Å². The van der Waals surface area contributed by atoms with E-state index in [0.29, 0.717) is 12.5 Å². The molecule has 38 heavy (non-hydrogen) atoms. The van der Waals surface area contributed by atoms with Crippen LogP contribution in [0.1, 0.15) is 109 Å². The zero-order valence-corrected chi connectivity index (χ0v) is 24.3. The first-order valence-corrected chi connectivity index (χ1v) is 14.3. The summed E-state index contributed by atoms with van der Waals surface area (Å²) >= 11 is 0. The maximum Gasteiger partial charge on any atom is 0.163 e. The first kappa shape index (κ1) is 29.2. The third-order valence-corrected chi connectivity index (χ3v) is 6.80. The molecular formula is C35H45N3. The second-order valence-electron chi connectivity index (χ2n) is 11.1. The number of allylic oxidation sites excluding steroid dienone is 12. The highest BCUT2D eigenvalue weighted by molar-refractivity contribution is 5.70. The van der Waals surface area contributed by atoms with Crippen LogP contribution >= 0.6 is 0 Å². The van der Waals surface area contributed by atoms with Crippen molar-refractivity contribution in [3.8, 4) is 0 Å². The summed E-state index contributed by atoms with van der Waals surface area (Å²) in [6.45, 7) is 13.4. The van der Waals surface area contributed by atoms with Crippen LogP contribution in [0.25, 0.3) is 5.57 Å². The van der Waals surface area contributed by atoms with Gasteiger partial charge in [0.2, 0.25) is 0 Å². The van der Waals surface area contributed by atoms with Gasteiger partial charge >= 0.3 is 0 Å². The van der Waals surface area contributed by atoms with Crippen LogP contribution in [-0.2, 0) is 11.8 Å². The number of hydrogen-bond donors (Lipinski definition) is 0. The Bertz CT molecular complexity index is 1190. The molecule has 0 bridgehead atoms. The normalized spacial score (nSPS) is 16.6. The Labute approximate surface area is 231 Å². The fraction of sp³-hybridized carbons (Fsp3) is 0.429. The first-order valence-electron chi connectivity index (χ1n) is 14.3. The molecule has 1 aromatic carbocycles. The number of hydrogen-bond acceptors (Lipinski definition) is 2. The Morgan fingerprint density at radius 3 is 2.50 bits per heavy atom. The molecule has 0 fully saturated rings. The Balaban J connectivity index is 1.90. The molecule has 200 valence electrons. The van der Waals surface area contributed by atoms with E-state index in [1.54, 1.807) is 0 Å². The van der Waals surface area contributed by atoms with Crippen molar-refractivity contribution in [3.63, 3.8) is 0 Å². The van der Waals surface area contributed by atoms with E-state index in [9.17, 15) is 0 Å². The largest absolute Gasteiger partial charge is 0.308 e. The van der Waals surface area contributed by atoms with Crippen molar-refractivity contribution in [1.29, 1.82) is 0 Å². The fourth-order valence-electron chi connectivity index (χ4n) is 4.57. The van der Waals surface area contributed by atoms with Gasteiger partial charge in [0.05, 0.1) is 0 Å². The van der Waals surface area contributed by atoms with Gasteiger partial charge in [-0.05, 0) is 49.3 Å². The molecule has 1 atom stereocenters. The Kier molecular flexibility index (Phi) is 11.2. The topological polar surface area (TPSA) is 30.7 Å². The van der Waals surface area contributed by atoms with Crippen molar-refractivity contribution < 1.29 is 0 Å². The molecule has 0 saturated heterocycles. The van der Waals surface area contributed by atoms with Crippen molar-refractivity contribution in [2.75, 3.05) is 0 Å². The second-order valence-corrected chi connectivity index (χ2v) is 11.1. The molecule has 3 heteroatoms. The van der Waals surface area contributed by atoms with Gasteiger partial charge in [-0.15, -0.1) is 10.2 Å². The predicted molar refractivity (Wildman–Crippen MR) is 162 cm³/mol. The lowest BCUT2D eigenvalue weighted by Gasteiger charge is -2.19. The number of rotatable bonds is 12. The minimum atomic E-state index is 0.0665. The van der Waals surface area contributed by atoms with Gasteiger partial charge in [-0.2, -0.15) is 0 Å². The molecule has 0 amide bonds. The lowest BCUT2D eigenvalue weighted by atomic mass is 9.88. The highest BCUT2D eigenvalue weighted by Gasteiger charge is 2.20. The first-order chi connectivity index (χ1) is 18.3. The summed E-state index contributed by atoms with van der Waals surface area (Å²) in [5, 5.41) is 9.47. The maximum atomic E-state index is 4.75. The highest BCUT2D eigenvalue weighted by atomic mass is 15.3. The van der Waals surface area contributed by atoms with Crippen LogP contribution in [0, 0.1) is 12.1 Å². The van der Waals surface area contributed by atoms with E-state index < -0.39 is 0 Å². The van der Waals surface area contributed by atoms with E-state index in [-0.39, 0.29) is 5.41 Å². The van der Waals surface area contributed by atoms with Gasteiger partial charge in [-0.25, -0.2) is 0 Å². The minimum absolute atomic E-state index is 0.0665. The quantitative estimate of drug-likeness (QED) is 0.212. The molecule has 1 aliphatic carbocycles. The smallest absolute Gasteiger partial charge is 0.163 e. The van der Waals surface area contributed by atoms with Gasteiger partial charge < -0.3 is 4.57 Å². The van der Waals surface area contributed by atoms with E-state index in [4.69, 9.17) is 10.2 Å². The molecule has 1 aliphatic rings. The summed E-state index contributed by atoms with van der Waals surface area (Å²) in [6.07, 6.45) is 28.7. The zero-order valence-electron chi connectivity index (χ0n) is 24.3. The Morgan fingerprint density at radius 1 is 1.00 bits per heavy atom. The standard InChI is InChI=1S/C35H45N3/c1-7-9-13-18-28(3)38-33(27-30-23-25-32(26-24-30)35(4,5)6)36-37-34(38)31(17-8-2)22-16-21-29-19-14-11-10-12-15-20-29/h10-12,14-17,19-20,22-23,25,28H,7-9,13,18,21,27H2,1-6H3/b11-10-,12-10?,14-11?,15-12-,19-14?,20-15?,22-16-,29-19?,29-20?,31-17+. The van der Waals surface area contributed by atoms with Gasteiger partial charge in [-0.3, -0.25) is 0 Å². The predicted octanol–water partition coefficient (Wildman–Crippen LogP) is 9.26. The Hall–Kier alpha value is -3.38. The zero-order chi connectivity index (χ0) is 27.4. The van der Waals surface area contributed by atoms with Crippen LogP contribution in [0.4, 0.5) is 0 Å². The SMILES string of the molecule is CC/C=C(\C=C/CC1=C/C=C\C=C/C=C1)c1nnc(Cc2c#cc(C(C)(C)C)cc2)n1C(C)CCCCC. The van der Waals surface area contributed by atoms with E-state index >= 15 is 0 Å². The van der Waals surface area contributed by atoms with E-state index in [2.05, 4.69) is 125 Å². The van der Waals surface area contributed by atoms with Gasteiger partial charge in [0.1, 0.15) is 5.82 Å². The fourth-order valence-corrected chi connectivity index (χ4v) is 4.57. The molecule has 0 radical (unpaired) electrons. The molecule has 1 aromatic heterocycles. The van der Waals surface area contributed by atoms with Crippen molar-refractivity contribution in [1.82, 2.24) is 14.8 Å². The molecule has 1 heterocycles. The summed E-state index contributed by atoms with van der Waals surface area (Å²) in [5.41, 5.74) is 4.75. The maximum absolute atomic E-state index is 4.75. The monoisotopic (exact) mass is 507 g/mol. The number of nitrogens with zero attached hydrogens (tertiary/aromatic N) is 3. The molecule has 0 N–H and O–H groups in total. The van der Waals surface area contributed by atoms with Crippen LogP contribution in [0.3, 0.4) is 0 Å². The molecule has 0 aliphatic heterocycles. The van der Waals surface area contributed by atoms with Gasteiger partial charge in [0.25, 0.3) is 0 Å². The molecular weight excluding hydrogens is 462 g/mol. The molecule has 1 unspecified atom stereocenters. The van der Waals surface area contributed by atoms with E-state index in [1.807, 2.05) is 6.08 Å². The van der Waals surface area contributed by atoms with Crippen LogP contribution in [0.5, 0.6) is 0 Å². The van der Waals surface area contributed by atoms with Crippen molar-refractivity contribution in [3.05, 3.63) is 113 Å². The van der Waals surface area contributed by atoms with Crippen molar-refractivity contribution >= 4 is 5.57 Å². The number of unbranched alkanes of at least 4 members (excludes halogenated alkanes) is 2. The van der Waals surface area contributed by atoms with Gasteiger partial charge in [0.15, 0.2) is 5.82 Å². The van der Waals surface area contributed by atoms with Crippen LogP contribution in [0.15, 0.2) is 78.5 Å². The lowest BCUT2D eigenvalue weighted by Crippen LogP contribution is -2.13. The lowest BCUT2D eigenvalue weighted by molar-refractivity contribution is 0.461. The van der Waals surface area contributed by atoms with E-state index in [0.717, 1.165) is 42.0 Å². The van der Waals surface area contributed by atoms with Gasteiger partial charge in [-0.1, -0.05) is 127 Å². The molecule has 3 nitrogen and oxygen atoms in total. The highest BCUT2D eigenvalue weighted by Crippen LogP contribution is 2.26. The third kappa shape index (κ3) is 8.59. The summed E-state index contributed by atoms with van der Waals surface area (Å²) in [4.78, 5) is 0. The average molecular weight is 508 g/mol. The molecule has 3 rings (SSSR count). The minimum Gasteiger partial charge on any atom is -0.308 e. The van der Waals surface area contributed by atoms with Crippen LogP contribution in [0.2, 0.25) is 0 Å². The van der Waals surface area contributed by atoms with Crippen LogP contribution < -0.4 is 0 Å². The average Bonchev–Trinajstić information content (AvgIpc) is 3.28. The second kappa shape index (κ2) is 14.5. The van der Waals surface area contributed by atoms with Gasteiger partial charge in [0, 0.05) is 29.2 Å². The summed E-state index contributed by atoms with van der Waals surface area (Å²) in [6, 6.07) is 11.4. The van der Waals surface area contributed by atoms with Crippen LogP contribution in [-0.4, -0.2) is 14.8 Å². The number of aromatic nitrogens is 3.